The molecule has 1 aromatic heterocycles. The molecule has 0 radical (unpaired) electrons. The third-order valence-corrected chi connectivity index (χ3v) is 3.47. The molecule has 5 heteroatoms. The smallest absolute Gasteiger partial charge is 0.256 e. The molecule has 0 aromatic carbocycles. The maximum Gasteiger partial charge on any atom is 0.256 e. The molecule has 1 N–H and O–H groups in total. The molecule has 1 heterocycles. The first-order chi connectivity index (χ1) is 10.1. The van der Waals surface area contributed by atoms with Crippen LogP contribution in [-0.2, 0) is 9.53 Å². The van der Waals surface area contributed by atoms with Crippen molar-refractivity contribution in [3.63, 3.8) is 0 Å². The van der Waals surface area contributed by atoms with Crippen molar-refractivity contribution in [2.75, 3.05) is 19.0 Å². The molecule has 118 valence electrons. The minimum Gasteiger partial charge on any atom is -0.478 e. The Morgan fingerprint density at radius 2 is 2.10 bits per heavy atom. The van der Waals surface area contributed by atoms with Gasteiger partial charge in [0.1, 0.15) is 5.60 Å². The monoisotopic (exact) mass is 294 g/mol. The van der Waals surface area contributed by atoms with E-state index in [-0.39, 0.29) is 5.91 Å². The van der Waals surface area contributed by atoms with Gasteiger partial charge in [-0.1, -0.05) is 26.2 Å². The van der Waals surface area contributed by atoms with Crippen LogP contribution in [0, 0.1) is 0 Å². The van der Waals surface area contributed by atoms with Gasteiger partial charge in [0.2, 0.25) is 5.88 Å². The minimum absolute atomic E-state index is 0.146. The van der Waals surface area contributed by atoms with E-state index in [2.05, 4.69) is 17.2 Å². The van der Waals surface area contributed by atoms with Gasteiger partial charge in [0.15, 0.2) is 0 Å². The SMILES string of the molecule is CCCCCC(C)(OC)C(=O)Nc1ccc(OCC)nc1. The molecule has 21 heavy (non-hydrogen) atoms. The van der Waals surface area contributed by atoms with Crippen molar-refractivity contribution in [3.8, 4) is 5.88 Å². The van der Waals surface area contributed by atoms with E-state index in [0.29, 0.717) is 24.6 Å². The average Bonchev–Trinajstić information content (AvgIpc) is 2.49. The van der Waals surface area contributed by atoms with Crippen molar-refractivity contribution in [3.05, 3.63) is 18.3 Å². The largest absolute Gasteiger partial charge is 0.478 e. The Balaban J connectivity index is 2.64. The van der Waals surface area contributed by atoms with E-state index >= 15 is 0 Å². The van der Waals surface area contributed by atoms with Gasteiger partial charge in [0, 0.05) is 13.2 Å². The summed E-state index contributed by atoms with van der Waals surface area (Å²) in [4.78, 5) is 16.5. The molecule has 0 saturated heterocycles. The lowest BCUT2D eigenvalue weighted by Gasteiger charge is -2.26. The lowest BCUT2D eigenvalue weighted by atomic mass is 9.97. The van der Waals surface area contributed by atoms with Gasteiger partial charge in [-0.3, -0.25) is 4.79 Å². The number of nitrogens with zero attached hydrogens (tertiary/aromatic N) is 1. The molecule has 1 atom stereocenters. The van der Waals surface area contributed by atoms with Gasteiger partial charge in [0.25, 0.3) is 5.91 Å². The summed E-state index contributed by atoms with van der Waals surface area (Å²) >= 11 is 0. The number of hydrogen-bond donors (Lipinski definition) is 1. The van der Waals surface area contributed by atoms with Crippen LogP contribution < -0.4 is 10.1 Å². The number of amides is 1. The number of ether oxygens (including phenoxy) is 2. The van der Waals surface area contributed by atoms with Crippen LogP contribution in [0.1, 0.15) is 46.5 Å². The topological polar surface area (TPSA) is 60.5 Å². The molecule has 1 amide bonds. The van der Waals surface area contributed by atoms with Crippen molar-refractivity contribution < 1.29 is 14.3 Å². The quantitative estimate of drug-likeness (QED) is 0.709. The van der Waals surface area contributed by atoms with Crippen LogP contribution in [0.2, 0.25) is 0 Å². The van der Waals surface area contributed by atoms with Gasteiger partial charge in [-0.15, -0.1) is 0 Å². The fourth-order valence-electron chi connectivity index (χ4n) is 1.97. The molecule has 0 aliphatic carbocycles. The number of hydrogen-bond acceptors (Lipinski definition) is 4. The molecule has 0 bridgehead atoms. The van der Waals surface area contributed by atoms with Gasteiger partial charge < -0.3 is 14.8 Å². The van der Waals surface area contributed by atoms with Gasteiger partial charge in [-0.2, -0.15) is 0 Å². The first kappa shape index (κ1) is 17.4. The van der Waals surface area contributed by atoms with Gasteiger partial charge >= 0.3 is 0 Å². The summed E-state index contributed by atoms with van der Waals surface area (Å²) in [6, 6.07) is 3.51. The number of nitrogens with one attached hydrogen (secondary N) is 1. The van der Waals surface area contributed by atoms with Crippen molar-refractivity contribution in [1.82, 2.24) is 4.98 Å². The Morgan fingerprint density at radius 1 is 1.33 bits per heavy atom. The summed E-state index contributed by atoms with van der Waals surface area (Å²) in [6.45, 7) is 6.42. The predicted octanol–water partition coefficient (Wildman–Crippen LogP) is 3.40. The third kappa shape index (κ3) is 5.34. The number of carbonyl (C=O) groups is 1. The molecule has 0 spiro atoms. The maximum absolute atomic E-state index is 12.4. The van der Waals surface area contributed by atoms with Gasteiger partial charge in [-0.05, 0) is 26.3 Å². The minimum atomic E-state index is -0.812. The highest BCUT2D eigenvalue weighted by Gasteiger charge is 2.32. The average molecular weight is 294 g/mol. The Bertz CT molecular complexity index is 434. The number of pyridine rings is 1. The number of carbonyl (C=O) groups excluding carboxylic acids is 1. The molecular weight excluding hydrogens is 268 g/mol. The summed E-state index contributed by atoms with van der Waals surface area (Å²) in [5.74, 6) is 0.403. The lowest BCUT2D eigenvalue weighted by molar-refractivity contribution is -0.136. The predicted molar refractivity (Wildman–Crippen MR) is 83.6 cm³/mol. The van der Waals surface area contributed by atoms with Crippen LogP contribution in [0.3, 0.4) is 0 Å². The zero-order chi connectivity index (χ0) is 15.7. The first-order valence-electron chi connectivity index (χ1n) is 7.51. The zero-order valence-corrected chi connectivity index (χ0v) is 13.4. The summed E-state index contributed by atoms with van der Waals surface area (Å²) in [5.41, 5.74) is -0.171. The molecule has 5 nitrogen and oxygen atoms in total. The van der Waals surface area contributed by atoms with E-state index in [4.69, 9.17) is 9.47 Å². The van der Waals surface area contributed by atoms with E-state index in [1.54, 1.807) is 25.4 Å². The summed E-state index contributed by atoms with van der Waals surface area (Å²) in [5, 5.41) is 2.85. The van der Waals surface area contributed by atoms with E-state index in [9.17, 15) is 4.79 Å². The highest BCUT2D eigenvalue weighted by molar-refractivity contribution is 5.96. The number of rotatable bonds is 9. The molecule has 0 aliphatic rings. The van der Waals surface area contributed by atoms with Crippen LogP contribution in [0.5, 0.6) is 5.88 Å². The molecule has 1 rings (SSSR count). The standard InChI is InChI=1S/C16H26N2O3/c1-5-7-8-11-16(3,20-4)15(19)18-13-9-10-14(17-12-13)21-6-2/h9-10,12H,5-8,11H2,1-4H3,(H,18,19). The summed E-state index contributed by atoms with van der Waals surface area (Å²) in [7, 11) is 1.57. The number of aromatic nitrogens is 1. The number of anilines is 1. The van der Waals surface area contributed by atoms with Gasteiger partial charge in [-0.25, -0.2) is 4.98 Å². The van der Waals surface area contributed by atoms with Crippen molar-refractivity contribution in [1.29, 1.82) is 0 Å². The zero-order valence-electron chi connectivity index (χ0n) is 13.4. The molecule has 0 fully saturated rings. The second-order valence-corrected chi connectivity index (χ2v) is 5.16. The first-order valence-corrected chi connectivity index (χ1v) is 7.51. The van der Waals surface area contributed by atoms with E-state index < -0.39 is 5.60 Å². The normalized spacial score (nSPS) is 13.5. The van der Waals surface area contributed by atoms with Crippen molar-refractivity contribution in [2.24, 2.45) is 0 Å². The second kappa shape index (κ2) is 8.62. The van der Waals surface area contributed by atoms with E-state index in [1.807, 2.05) is 13.8 Å². The third-order valence-electron chi connectivity index (χ3n) is 3.47. The molecule has 0 aliphatic heterocycles. The highest BCUT2D eigenvalue weighted by atomic mass is 16.5. The van der Waals surface area contributed by atoms with E-state index in [0.717, 1.165) is 19.3 Å². The van der Waals surface area contributed by atoms with Crippen molar-refractivity contribution >= 4 is 11.6 Å². The summed E-state index contributed by atoms with van der Waals surface area (Å²) in [6.07, 6.45) is 5.47. The molecule has 0 saturated carbocycles. The van der Waals surface area contributed by atoms with Crippen LogP contribution in [0.4, 0.5) is 5.69 Å². The molecular formula is C16H26N2O3. The highest BCUT2D eigenvalue weighted by Crippen LogP contribution is 2.21. The molecule has 1 aromatic rings. The fraction of sp³-hybridized carbons (Fsp3) is 0.625. The van der Waals surface area contributed by atoms with Crippen LogP contribution in [-0.4, -0.2) is 30.2 Å². The second-order valence-electron chi connectivity index (χ2n) is 5.16. The Labute approximate surface area is 127 Å². The van der Waals surface area contributed by atoms with Crippen molar-refractivity contribution in [2.45, 2.75) is 52.1 Å². The Hall–Kier alpha value is -1.62. The number of methoxy groups -OCH3 is 1. The molecule has 1 unspecified atom stereocenters. The van der Waals surface area contributed by atoms with Gasteiger partial charge in [0.05, 0.1) is 18.5 Å². The summed E-state index contributed by atoms with van der Waals surface area (Å²) < 4.78 is 10.7. The van der Waals surface area contributed by atoms with Crippen LogP contribution >= 0.6 is 0 Å². The van der Waals surface area contributed by atoms with Crippen LogP contribution in [0.15, 0.2) is 18.3 Å². The Morgan fingerprint density at radius 3 is 2.62 bits per heavy atom. The lowest BCUT2D eigenvalue weighted by Crippen LogP contribution is -2.42. The van der Waals surface area contributed by atoms with Crippen LogP contribution in [0.25, 0.3) is 0 Å². The van der Waals surface area contributed by atoms with E-state index in [1.165, 1.54) is 0 Å². The fourth-order valence-corrected chi connectivity index (χ4v) is 1.97. The number of unbranched alkanes of at least 4 members (excludes halogenated alkanes) is 2. The maximum atomic E-state index is 12.4. The Kier molecular flexibility index (Phi) is 7.15.